The number of anilines is 1. The van der Waals surface area contributed by atoms with Gasteiger partial charge in [0, 0.05) is 24.8 Å². The van der Waals surface area contributed by atoms with Crippen LogP contribution in [-0.2, 0) is 10.9 Å². The molecule has 2 aliphatic heterocycles. The third-order valence-electron chi connectivity index (χ3n) is 4.21. The van der Waals surface area contributed by atoms with Gasteiger partial charge in [0.15, 0.2) is 0 Å². The van der Waals surface area contributed by atoms with Crippen LogP contribution in [0, 0.1) is 0 Å². The minimum absolute atomic E-state index is 0.0630. The Morgan fingerprint density at radius 1 is 1.15 bits per heavy atom. The Morgan fingerprint density at radius 2 is 2.00 bits per heavy atom. The van der Waals surface area contributed by atoms with Gasteiger partial charge in [-0.1, -0.05) is 0 Å². The van der Waals surface area contributed by atoms with Crippen LogP contribution in [-0.4, -0.2) is 19.3 Å². The molecular formula is C15H18F3NO. The van der Waals surface area contributed by atoms with Crippen molar-refractivity contribution in [2.45, 2.75) is 43.9 Å². The van der Waals surface area contributed by atoms with E-state index in [1.807, 2.05) is 0 Å². The number of nitrogens with one attached hydrogen (secondary N) is 1. The van der Waals surface area contributed by atoms with Gasteiger partial charge in [0.1, 0.15) is 0 Å². The van der Waals surface area contributed by atoms with Gasteiger partial charge >= 0.3 is 6.18 Å². The molecule has 0 bridgehead atoms. The number of fused-ring (bicyclic) bond motifs is 1. The largest absolute Gasteiger partial charge is 0.416 e. The maximum Gasteiger partial charge on any atom is 0.416 e. The third-order valence-corrected chi connectivity index (χ3v) is 4.21. The van der Waals surface area contributed by atoms with Crippen LogP contribution >= 0.6 is 0 Å². The van der Waals surface area contributed by atoms with Crippen LogP contribution in [0.15, 0.2) is 18.2 Å². The van der Waals surface area contributed by atoms with Gasteiger partial charge in [-0.2, -0.15) is 13.2 Å². The predicted octanol–water partition coefficient (Wildman–Crippen LogP) is 4.17. The lowest BCUT2D eigenvalue weighted by atomic mass is 9.83. The SMILES string of the molecule is FC(F)(F)c1ccc2c(c1)C(C1CCCCO1)CCN2. The van der Waals surface area contributed by atoms with Crippen LogP contribution < -0.4 is 5.32 Å². The highest BCUT2D eigenvalue weighted by atomic mass is 19.4. The smallest absolute Gasteiger partial charge is 0.385 e. The van der Waals surface area contributed by atoms with Crippen molar-refractivity contribution >= 4 is 5.69 Å². The van der Waals surface area contributed by atoms with Crippen LogP contribution in [0.3, 0.4) is 0 Å². The molecule has 2 aliphatic rings. The zero-order valence-corrected chi connectivity index (χ0v) is 11.2. The second kappa shape index (κ2) is 5.28. The number of benzene rings is 1. The Kier molecular flexibility index (Phi) is 3.63. The summed E-state index contributed by atoms with van der Waals surface area (Å²) in [5, 5.41) is 3.19. The van der Waals surface area contributed by atoms with Crippen molar-refractivity contribution in [1.29, 1.82) is 0 Å². The van der Waals surface area contributed by atoms with E-state index < -0.39 is 11.7 Å². The Labute approximate surface area is 116 Å². The molecule has 0 saturated carbocycles. The summed E-state index contributed by atoms with van der Waals surface area (Å²) in [6, 6.07) is 3.99. The molecule has 0 aromatic heterocycles. The highest BCUT2D eigenvalue weighted by Crippen LogP contribution is 2.41. The van der Waals surface area contributed by atoms with E-state index in [-0.39, 0.29) is 12.0 Å². The number of ether oxygens (including phenoxy) is 1. The summed E-state index contributed by atoms with van der Waals surface area (Å²) in [5.41, 5.74) is 1.02. The van der Waals surface area contributed by atoms with Gasteiger partial charge in [0.05, 0.1) is 11.7 Å². The summed E-state index contributed by atoms with van der Waals surface area (Å²) >= 11 is 0. The summed E-state index contributed by atoms with van der Waals surface area (Å²) < 4.78 is 44.4. The second-order valence-corrected chi connectivity index (χ2v) is 5.53. The zero-order chi connectivity index (χ0) is 14.2. The van der Waals surface area contributed by atoms with E-state index in [0.29, 0.717) is 0 Å². The first-order valence-corrected chi connectivity index (χ1v) is 7.12. The van der Waals surface area contributed by atoms with Crippen LogP contribution in [0.2, 0.25) is 0 Å². The van der Waals surface area contributed by atoms with Gasteiger partial charge in [0.2, 0.25) is 0 Å². The van der Waals surface area contributed by atoms with Gasteiger partial charge in [-0.15, -0.1) is 0 Å². The summed E-state index contributed by atoms with van der Waals surface area (Å²) in [7, 11) is 0. The zero-order valence-electron chi connectivity index (χ0n) is 11.2. The van der Waals surface area contributed by atoms with Crippen molar-refractivity contribution in [2.75, 3.05) is 18.5 Å². The summed E-state index contributed by atoms with van der Waals surface area (Å²) in [6.45, 7) is 1.52. The van der Waals surface area contributed by atoms with E-state index in [0.717, 1.165) is 56.2 Å². The molecule has 2 unspecified atom stereocenters. The molecule has 0 spiro atoms. The van der Waals surface area contributed by atoms with Crippen molar-refractivity contribution in [2.24, 2.45) is 0 Å². The van der Waals surface area contributed by atoms with Crippen LogP contribution in [0.1, 0.15) is 42.7 Å². The van der Waals surface area contributed by atoms with Gasteiger partial charge in [0.25, 0.3) is 0 Å². The lowest BCUT2D eigenvalue weighted by Gasteiger charge is -2.35. The van der Waals surface area contributed by atoms with Gasteiger partial charge < -0.3 is 10.1 Å². The van der Waals surface area contributed by atoms with Crippen molar-refractivity contribution in [3.05, 3.63) is 29.3 Å². The molecule has 0 amide bonds. The van der Waals surface area contributed by atoms with E-state index in [4.69, 9.17) is 4.74 Å². The Balaban J connectivity index is 1.93. The van der Waals surface area contributed by atoms with Crippen LogP contribution in [0.4, 0.5) is 18.9 Å². The molecule has 0 aliphatic carbocycles. The second-order valence-electron chi connectivity index (χ2n) is 5.53. The summed E-state index contributed by atoms with van der Waals surface area (Å²) in [5.74, 6) is 0.0776. The van der Waals surface area contributed by atoms with E-state index in [1.54, 1.807) is 6.07 Å². The normalized spacial score (nSPS) is 26.8. The van der Waals surface area contributed by atoms with Crippen LogP contribution in [0.5, 0.6) is 0 Å². The molecule has 1 saturated heterocycles. The van der Waals surface area contributed by atoms with E-state index in [2.05, 4.69) is 5.32 Å². The highest BCUT2D eigenvalue weighted by Gasteiger charge is 2.35. The Hall–Kier alpha value is -1.23. The molecule has 1 fully saturated rings. The predicted molar refractivity (Wildman–Crippen MR) is 70.9 cm³/mol. The van der Waals surface area contributed by atoms with Gasteiger partial charge in [-0.3, -0.25) is 0 Å². The molecule has 1 aromatic carbocycles. The maximum absolute atomic E-state index is 12.9. The van der Waals surface area contributed by atoms with Crippen LogP contribution in [0.25, 0.3) is 0 Å². The fourth-order valence-corrected chi connectivity index (χ4v) is 3.19. The minimum Gasteiger partial charge on any atom is -0.385 e. The first-order chi connectivity index (χ1) is 9.55. The number of hydrogen-bond acceptors (Lipinski definition) is 2. The average molecular weight is 285 g/mol. The molecule has 1 N–H and O–H groups in total. The lowest BCUT2D eigenvalue weighted by Crippen LogP contribution is -2.31. The molecule has 20 heavy (non-hydrogen) atoms. The molecule has 0 radical (unpaired) electrons. The summed E-state index contributed by atoms with van der Waals surface area (Å²) in [6.07, 6.45) is -0.295. The first-order valence-electron chi connectivity index (χ1n) is 7.12. The highest BCUT2D eigenvalue weighted by molar-refractivity contribution is 5.57. The van der Waals surface area contributed by atoms with Crippen molar-refractivity contribution in [3.8, 4) is 0 Å². The lowest BCUT2D eigenvalue weighted by molar-refractivity contribution is -0.137. The topological polar surface area (TPSA) is 21.3 Å². The molecule has 2 nitrogen and oxygen atoms in total. The maximum atomic E-state index is 12.9. The third kappa shape index (κ3) is 2.64. The molecule has 110 valence electrons. The van der Waals surface area contributed by atoms with E-state index in [9.17, 15) is 13.2 Å². The molecule has 2 heterocycles. The Bertz CT molecular complexity index is 480. The van der Waals surface area contributed by atoms with Gasteiger partial charge in [-0.25, -0.2) is 0 Å². The monoisotopic (exact) mass is 285 g/mol. The van der Waals surface area contributed by atoms with Crippen molar-refractivity contribution in [3.63, 3.8) is 0 Å². The number of rotatable bonds is 1. The first kappa shape index (κ1) is 13.7. The van der Waals surface area contributed by atoms with E-state index in [1.165, 1.54) is 6.07 Å². The number of alkyl halides is 3. The van der Waals surface area contributed by atoms with E-state index >= 15 is 0 Å². The van der Waals surface area contributed by atoms with Crippen molar-refractivity contribution < 1.29 is 17.9 Å². The van der Waals surface area contributed by atoms with Gasteiger partial charge in [-0.05, 0) is 49.4 Å². The molecule has 1 aromatic rings. The summed E-state index contributed by atoms with van der Waals surface area (Å²) in [4.78, 5) is 0. The molecule has 2 atom stereocenters. The Morgan fingerprint density at radius 3 is 2.70 bits per heavy atom. The number of hydrogen-bond donors (Lipinski definition) is 1. The fraction of sp³-hybridized carbons (Fsp3) is 0.600. The quantitative estimate of drug-likeness (QED) is 0.836. The minimum atomic E-state index is -4.29. The molecule has 5 heteroatoms. The average Bonchev–Trinajstić information content (AvgIpc) is 2.46. The molecule has 3 rings (SSSR count). The van der Waals surface area contributed by atoms with Crippen molar-refractivity contribution in [1.82, 2.24) is 0 Å². The molecular weight excluding hydrogens is 267 g/mol. The number of halogens is 3. The standard InChI is InChI=1S/C15H18F3NO/c16-15(17,18)10-4-5-13-12(9-10)11(6-7-19-13)14-3-1-2-8-20-14/h4-5,9,11,14,19H,1-3,6-8H2. The fourth-order valence-electron chi connectivity index (χ4n) is 3.19.